The zero-order valence-corrected chi connectivity index (χ0v) is 19.1. The van der Waals surface area contributed by atoms with Crippen molar-refractivity contribution in [3.8, 4) is 17.1 Å². The van der Waals surface area contributed by atoms with E-state index >= 15 is 0 Å². The van der Waals surface area contributed by atoms with Crippen LogP contribution in [0.3, 0.4) is 0 Å². The first-order valence-electron chi connectivity index (χ1n) is 10.6. The molecule has 0 aliphatic carbocycles. The molecule has 33 heavy (non-hydrogen) atoms. The molecule has 3 heterocycles. The topological polar surface area (TPSA) is 101 Å². The van der Waals surface area contributed by atoms with Gasteiger partial charge >= 0.3 is 11.9 Å². The lowest BCUT2D eigenvalue weighted by atomic mass is 9.97. The van der Waals surface area contributed by atoms with Crippen LogP contribution in [0.25, 0.3) is 33.5 Å². The van der Waals surface area contributed by atoms with E-state index in [1.165, 1.54) is 7.11 Å². The van der Waals surface area contributed by atoms with Gasteiger partial charge < -0.3 is 18.6 Å². The number of aromatic nitrogens is 2. The lowest BCUT2D eigenvalue weighted by Gasteiger charge is -2.16. The van der Waals surface area contributed by atoms with Gasteiger partial charge in [0.05, 0.1) is 42.8 Å². The molecule has 0 unspecified atom stereocenters. The van der Waals surface area contributed by atoms with E-state index in [0.717, 1.165) is 5.39 Å². The number of methoxy groups -OCH3 is 1. The number of rotatable bonds is 6. The minimum Gasteiger partial charge on any atom is -0.493 e. The van der Waals surface area contributed by atoms with Crippen LogP contribution in [-0.2, 0) is 9.47 Å². The summed E-state index contributed by atoms with van der Waals surface area (Å²) in [6.45, 7) is 7.18. The van der Waals surface area contributed by atoms with Crippen molar-refractivity contribution < 1.29 is 28.2 Å². The van der Waals surface area contributed by atoms with Crippen LogP contribution in [-0.4, -0.2) is 42.2 Å². The second-order valence-corrected chi connectivity index (χ2v) is 7.35. The Balaban J connectivity index is 2.04. The van der Waals surface area contributed by atoms with Crippen LogP contribution in [0.2, 0.25) is 0 Å². The first-order valence-corrected chi connectivity index (χ1v) is 10.6. The normalized spacial score (nSPS) is 11.1. The highest BCUT2D eigenvalue weighted by atomic mass is 16.5. The Hall–Kier alpha value is -3.94. The summed E-state index contributed by atoms with van der Waals surface area (Å²) >= 11 is 0. The van der Waals surface area contributed by atoms with Crippen LogP contribution in [0.5, 0.6) is 5.75 Å². The molecule has 0 bridgehead atoms. The van der Waals surface area contributed by atoms with Gasteiger partial charge in [-0.05, 0) is 45.4 Å². The smallest absolute Gasteiger partial charge is 0.340 e. The van der Waals surface area contributed by atoms with Gasteiger partial charge in [0.1, 0.15) is 16.8 Å². The predicted octanol–water partition coefficient (Wildman–Crippen LogP) is 5.02. The average Bonchev–Trinajstić information content (AvgIpc) is 3.17. The van der Waals surface area contributed by atoms with Crippen molar-refractivity contribution in [2.75, 3.05) is 20.3 Å². The van der Waals surface area contributed by atoms with Gasteiger partial charge in [0.15, 0.2) is 11.3 Å². The zero-order chi connectivity index (χ0) is 23.7. The largest absolute Gasteiger partial charge is 0.493 e. The molecule has 0 atom stereocenters. The molecule has 8 heteroatoms. The summed E-state index contributed by atoms with van der Waals surface area (Å²) < 4.78 is 22.0. The van der Waals surface area contributed by atoms with Crippen LogP contribution in [0, 0.1) is 13.8 Å². The van der Waals surface area contributed by atoms with E-state index in [-0.39, 0.29) is 24.3 Å². The van der Waals surface area contributed by atoms with E-state index in [4.69, 9.17) is 23.6 Å². The minimum absolute atomic E-state index is 0.159. The summed E-state index contributed by atoms with van der Waals surface area (Å²) in [4.78, 5) is 35.0. The monoisotopic (exact) mass is 448 g/mol. The number of fused-ring (bicyclic) bond motifs is 3. The Kier molecular flexibility index (Phi) is 6.00. The molecule has 1 aromatic carbocycles. The summed E-state index contributed by atoms with van der Waals surface area (Å²) in [7, 11) is 1.53. The van der Waals surface area contributed by atoms with Crippen LogP contribution in [0.15, 0.2) is 34.7 Å². The third-order valence-electron chi connectivity index (χ3n) is 5.34. The summed E-state index contributed by atoms with van der Waals surface area (Å²) in [5.74, 6) is -0.688. The number of hydrogen-bond acceptors (Lipinski definition) is 8. The Bertz CT molecular complexity index is 1390. The summed E-state index contributed by atoms with van der Waals surface area (Å²) in [5, 5.41) is 0.807. The molecular weight excluding hydrogens is 424 g/mol. The van der Waals surface area contributed by atoms with Crippen molar-refractivity contribution in [3.63, 3.8) is 0 Å². The fourth-order valence-electron chi connectivity index (χ4n) is 3.92. The molecule has 0 N–H and O–H groups in total. The molecule has 4 rings (SSSR count). The number of nitrogens with zero attached hydrogens (tertiary/aromatic N) is 2. The summed E-state index contributed by atoms with van der Waals surface area (Å²) in [5.41, 5.74) is 3.69. The molecule has 170 valence electrons. The zero-order valence-electron chi connectivity index (χ0n) is 19.1. The van der Waals surface area contributed by atoms with E-state index in [1.54, 1.807) is 33.8 Å². The number of esters is 2. The SMILES string of the molecule is CCOC(=O)c1c(C)nc(-c2cc(OC)c3oc4ccccc4c3n2)c(C(=O)OCC)c1C. The minimum atomic E-state index is -0.596. The number of carbonyl (C=O) groups excluding carboxylic acids is 2. The second-order valence-electron chi connectivity index (χ2n) is 7.35. The third-order valence-corrected chi connectivity index (χ3v) is 5.34. The van der Waals surface area contributed by atoms with E-state index < -0.39 is 11.9 Å². The molecule has 0 amide bonds. The molecule has 0 saturated heterocycles. The molecule has 4 aromatic rings. The number of ether oxygens (including phenoxy) is 3. The highest BCUT2D eigenvalue weighted by Gasteiger charge is 2.28. The molecule has 0 fully saturated rings. The quantitative estimate of drug-likeness (QED) is 0.379. The summed E-state index contributed by atoms with van der Waals surface area (Å²) in [6, 6.07) is 9.18. The molecule has 0 spiro atoms. The van der Waals surface area contributed by atoms with E-state index in [2.05, 4.69) is 4.98 Å². The summed E-state index contributed by atoms with van der Waals surface area (Å²) in [6.07, 6.45) is 0. The molecule has 3 aromatic heterocycles. The van der Waals surface area contributed by atoms with Crippen molar-refractivity contribution in [1.82, 2.24) is 9.97 Å². The third kappa shape index (κ3) is 3.77. The Morgan fingerprint density at radius 1 is 0.970 bits per heavy atom. The van der Waals surface area contributed by atoms with Crippen molar-refractivity contribution in [3.05, 3.63) is 52.7 Å². The lowest BCUT2D eigenvalue weighted by molar-refractivity contribution is 0.0522. The van der Waals surface area contributed by atoms with E-state index in [1.807, 2.05) is 24.3 Å². The number of aryl methyl sites for hydroxylation is 1. The Morgan fingerprint density at radius 3 is 2.30 bits per heavy atom. The van der Waals surface area contributed by atoms with Gasteiger partial charge in [0.25, 0.3) is 0 Å². The van der Waals surface area contributed by atoms with Crippen molar-refractivity contribution in [2.24, 2.45) is 0 Å². The molecular formula is C25H24N2O6. The van der Waals surface area contributed by atoms with Crippen molar-refractivity contribution in [1.29, 1.82) is 0 Å². The highest BCUT2D eigenvalue weighted by Crippen LogP contribution is 2.37. The van der Waals surface area contributed by atoms with Crippen molar-refractivity contribution in [2.45, 2.75) is 27.7 Å². The van der Waals surface area contributed by atoms with Gasteiger partial charge in [-0.3, -0.25) is 0 Å². The Morgan fingerprint density at radius 2 is 1.64 bits per heavy atom. The first-order chi connectivity index (χ1) is 15.9. The van der Waals surface area contributed by atoms with Gasteiger partial charge in [0.2, 0.25) is 0 Å². The van der Waals surface area contributed by atoms with Gasteiger partial charge in [-0.1, -0.05) is 12.1 Å². The first kappa shape index (κ1) is 22.3. The van der Waals surface area contributed by atoms with E-state index in [0.29, 0.717) is 45.1 Å². The van der Waals surface area contributed by atoms with Gasteiger partial charge in [0, 0.05) is 11.5 Å². The standard InChI is InChI=1S/C25H24N2O6/c1-6-31-24(28)19-13(3)20(25(29)32-7-2)22(26-14(19)4)16-12-18(30-5)23-21(27-16)15-10-8-9-11-17(15)33-23/h8-12H,6-7H2,1-5H3. The molecule has 0 aliphatic rings. The maximum absolute atomic E-state index is 13.0. The van der Waals surface area contributed by atoms with Crippen LogP contribution < -0.4 is 4.74 Å². The second kappa shape index (κ2) is 8.90. The molecule has 8 nitrogen and oxygen atoms in total. The maximum atomic E-state index is 13.0. The Labute approximate surface area is 190 Å². The molecule has 0 saturated carbocycles. The fraction of sp³-hybridized carbons (Fsp3) is 0.280. The van der Waals surface area contributed by atoms with Gasteiger partial charge in [-0.2, -0.15) is 0 Å². The van der Waals surface area contributed by atoms with Crippen molar-refractivity contribution >= 4 is 34.0 Å². The van der Waals surface area contributed by atoms with Crippen LogP contribution >= 0.6 is 0 Å². The average molecular weight is 448 g/mol. The van der Waals surface area contributed by atoms with E-state index in [9.17, 15) is 9.59 Å². The van der Waals surface area contributed by atoms with Gasteiger partial charge in [-0.15, -0.1) is 0 Å². The number of benzene rings is 1. The number of furan rings is 1. The maximum Gasteiger partial charge on any atom is 0.340 e. The van der Waals surface area contributed by atoms with Gasteiger partial charge in [-0.25, -0.2) is 19.6 Å². The lowest BCUT2D eigenvalue weighted by Crippen LogP contribution is -2.17. The number of hydrogen-bond donors (Lipinski definition) is 0. The number of para-hydroxylation sites is 1. The highest BCUT2D eigenvalue weighted by molar-refractivity contribution is 6.06. The predicted molar refractivity (Wildman–Crippen MR) is 123 cm³/mol. The number of carbonyl (C=O) groups is 2. The number of pyridine rings is 2. The molecule has 0 radical (unpaired) electrons. The van der Waals surface area contributed by atoms with Crippen LogP contribution in [0.4, 0.5) is 0 Å². The van der Waals surface area contributed by atoms with Crippen LogP contribution in [0.1, 0.15) is 45.8 Å². The molecule has 0 aliphatic heterocycles. The fourth-order valence-corrected chi connectivity index (χ4v) is 3.92.